The summed E-state index contributed by atoms with van der Waals surface area (Å²) in [7, 11) is 4.41. The number of methoxy groups -OCH3 is 3. The topological polar surface area (TPSA) is 65.0 Å². The monoisotopic (exact) mass is 280 g/mol. The van der Waals surface area contributed by atoms with E-state index in [0.29, 0.717) is 11.5 Å². The van der Waals surface area contributed by atoms with Gasteiger partial charge in [0.15, 0.2) is 11.5 Å². The third kappa shape index (κ3) is 3.99. The number of benzene rings is 1. The molecule has 20 heavy (non-hydrogen) atoms. The Morgan fingerprint density at radius 2 is 1.85 bits per heavy atom. The first-order chi connectivity index (χ1) is 9.53. The van der Waals surface area contributed by atoms with Crippen LogP contribution in [0.5, 0.6) is 11.5 Å². The zero-order chi connectivity index (χ0) is 15.1. The Hall–Kier alpha value is -2.01. The van der Waals surface area contributed by atoms with Crippen molar-refractivity contribution in [3.05, 3.63) is 35.9 Å². The molecule has 5 heteroatoms. The first-order valence-corrected chi connectivity index (χ1v) is 6.19. The van der Waals surface area contributed by atoms with E-state index in [1.165, 1.54) is 13.2 Å². The molecule has 0 unspecified atom stereocenters. The summed E-state index contributed by atoms with van der Waals surface area (Å²) < 4.78 is 14.9. The molecule has 0 saturated carbocycles. The molecule has 0 saturated heterocycles. The van der Waals surface area contributed by atoms with Gasteiger partial charge in [-0.3, -0.25) is 0 Å². The van der Waals surface area contributed by atoms with Gasteiger partial charge in [-0.25, -0.2) is 4.79 Å². The molecule has 0 aliphatic rings. The Labute approximate surface area is 118 Å². The minimum atomic E-state index is -0.658. The highest BCUT2D eigenvalue weighted by molar-refractivity contribution is 5.81. The molecule has 1 aromatic carbocycles. The molecule has 1 rings (SSSR count). The van der Waals surface area contributed by atoms with Crippen molar-refractivity contribution in [1.29, 1.82) is 0 Å². The number of aliphatic hydroxyl groups excluding tert-OH is 1. The summed E-state index contributed by atoms with van der Waals surface area (Å²) in [4.78, 5) is 11.2. The van der Waals surface area contributed by atoms with Crippen LogP contribution in [0.15, 0.2) is 30.4 Å². The number of esters is 1. The van der Waals surface area contributed by atoms with Crippen LogP contribution < -0.4 is 9.47 Å². The van der Waals surface area contributed by atoms with Crippen molar-refractivity contribution >= 4 is 5.97 Å². The van der Waals surface area contributed by atoms with E-state index in [-0.39, 0.29) is 5.92 Å². The molecular formula is C15H20O5. The maximum Gasteiger partial charge on any atom is 0.330 e. The molecule has 5 nitrogen and oxygen atoms in total. The lowest BCUT2D eigenvalue weighted by Crippen LogP contribution is -2.13. The van der Waals surface area contributed by atoms with Gasteiger partial charge >= 0.3 is 5.97 Å². The number of aliphatic hydroxyl groups is 1. The summed E-state index contributed by atoms with van der Waals surface area (Å²) in [5.41, 5.74) is 0.817. The molecule has 0 radical (unpaired) electrons. The van der Waals surface area contributed by atoms with Gasteiger partial charge < -0.3 is 19.3 Å². The van der Waals surface area contributed by atoms with Crippen LogP contribution >= 0.6 is 0 Å². The van der Waals surface area contributed by atoms with Gasteiger partial charge in [0.05, 0.1) is 27.4 Å². The second kappa shape index (κ2) is 7.55. The number of ether oxygens (including phenoxy) is 3. The SMILES string of the molecule is COC(=O)/C=C/[C@H](c1ccc(OC)c(OC)c1)[C@@H](C)O. The molecule has 1 aromatic rings. The van der Waals surface area contributed by atoms with Crippen LogP contribution in [-0.2, 0) is 9.53 Å². The Kier molecular flexibility index (Phi) is 6.06. The molecule has 0 aliphatic heterocycles. The van der Waals surface area contributed by atoms with Crippen molar-refractivity contribution in [1.82, 2.24) is 0 Å². The maximum absolute atomic E-state index is 11.2. The van der Waals surface area contributed by atoms with Crippen LogP contribution in [-0.4, -0.2) is 38.5 Å². The van der Waals surface area contributed by atoms with Gasteiger partial charge in [0.2, 0.25) is 0 Å². The van der Waals surface area contributed by atoms with Crippen LogP contribution in [0.1, 0.15) is 18.4 Å². The summed E-state index contributed by atoms with van der Waals surface area (Å²) in [6.07, 6.45) is 2.25. The summed E-state index contributed by atoms with van der Waals surface area (Å²) in [5, 5.41) is 9.87. The molecule has 0 heterocycles. The fourth-order valence-electron chi connectivity index (χ4n) is 1.86. The van der Waals surface area contributed by atoms with E-state index in [0.717, 1.165) is 5.56 Å². The first-order valence-electron chi connectivity index (χ1n) is 6.19. The molecule has 1 N–H and O–H groups in total. The molecule has 0 spiro atoms. The van der Waals surface area contributed by atoms with E-state index in [1.54, 1.807) is 39.4 Å². The van der Waals surface area contributed by atoms with E-state index in [2.05, 4.69) is 4.74 Å². The number of carbonyl (C=O) groups excluding carboxylic acids is 1. The fraction of sp³-hybridized carbons (Fsp3) is 0.400. The number of hydrogen-bond acceptors (Lipinski definition) is 5. The Bertz CT molecular complexity index is 479. The Balaban J connectivity index is 3.09. The van der Waals surface area contributed by atoms with Crippen LogP contribution in [0.2, 0.25) is 0 Å². The van der Waals surface area contributed by atoms with Gasteiger partial charge in [-0.15, -0.1) is 0 Å². The predicted octanol–water partition coefficient (Wildman–Crippen LogP) is 1.90. The highest BCUT2D eigenvalue weighted by Crippen LogP contribution is 2.32. The van der Waals surface area contributed by atoms with Crippen molar-refractivity contribution in [3.63, 3.8) is 0 Å². The predicted molar refractivity (Wildman–Crippen MR) is 75.1 cm³/mol. The number of hydrogen-bond donors (Lipinski definition) is 1. The average molecular weight is 280 g/mol. The highest BCUT2D eigenvalue weighted by Gasteiger charge is 2.17. The van der Waals surface area contributed by atoms with Crippen LogP contribution in [0.3, 0.4) is 0 Å². The highest BCUT2D eigenvalue weighted by atomic mass is 16.5. The van der Waals surface area contributed by atoms with E-state index in [9.17, 15) is 9.90 Å². The second-order valence-electron chi connectivity index (χ2n) is 4.26. The van der Waals surface area contributed by atoms with Crippen molar-refractivity contribution in [2.45, 2.75) is 18.9 Å². The molecule has 0 aromatic heterocycles. The molecule has 0 aliphatic carbocycles. The number of rotatable bonds is 6. The Morgan fingerprint density at radius 3 is 2.35 bits per heavy atom. The largest absolute Gasteiger partial charge is 0.493 e. The minimum absolute atomic E-state index is 0.339. The van der Waals surface area contributed by atoms with Crippen molar-refractivity contribution < 1.29 is 24.1 Å². The lowest BCUT2D eigenvalue weighted by atomic mass is 9.93. The summed E-state index contributed by atoms with van der Waals surface area (Å²) >= 11 is 0. The zero-order valence-electron chi connectivity index (χ0n) is 12.1. The summed E-state index contributed by atoms with van der Waals surface area (Å²) in [5.74, 6) is 0.379. The van der Waals surface area contributed by atoms with Crippen molar-refractivity contribution in [2.24, 2.45) is 0 Å². The normalized spacial score (nSPS) is 13.8. The average Bonchev–Trinajstić information content (AvgIpc) is 2.46. The third-order valence-electron chi connectivity index (χ3n) is 2.95. The van der Waals surface area contributed by atoms with Gasteiger partial charge in [-0.1, -0.05) is 12.1 Å². The van der Waals surface area contributed by atoms with E-state index in [1.807, 2.05) is 6.07 Å². The third-order valence-corrected chi connectivity index (χ3v) is 2.95. The molecule has 110 valence electrons. The lowest BCUT2D eigenvalue weighted by molar-refractivity contribution is -0.134. The van der Waals surface area contributed by atoms with Crippen LogP contribution in [0.4, 0.5) is 0 Å². The lowest BCUT2D eigenvalue weighted by Gasteiger charge is -2.18. The number of carbonyl (C=O) groups is 1. The standard InChI is InChI=1S/C15H20O5/c1-10(16)12(6-8-15(17)20-4)11-5-7-13(18-2)14(9-11)19-3/h5-10,12,16H,1-4H3/b8-6+/t10-,12+/m1/s1. The fourth-order valence-corrected chi connectivity index (χ4v) is 1.86. The summed E-state index contributed by atoms with van der Waals surface area (Å²) in [6, 6.07) is 5.35. The van der Waals surface area contributed by atoms with E-state index >= 15 is 0 Å². The van der Waals surface area contributed by atoms with Gasteiger partial charge in [-0.05, 0) is 24.6 Å². The van der Waals surface area contributed by atoms with Crippen LogP contribution in [0, 0.1) is 0 Å². The minimum Gasteiger partial charge on any atom is -0.493 e. The second-order valence-corrected chi connectivity index (χ2v) is 4.26. The molecule has 0 bridgehead atoms. The zero-order valence-corrected chi connectivity index (χ0v) is 12.1. The Morgan fingerprint density at radius 1 is 1.20 bits per heavy atom. The molecular weight excluding hydrogens is 260 g/mol. The maximum atomic E-state index is 11.2. The van der Waals surface area contributed by atoms with Crippen molar-refractivity contribution in [3.8, 4) is 11.5 Å². The van der Waals surface area contributed by atoms with Gasteiger partial charge in [0.1, 0.15) is 0 Å². The molecule has 0 fully saturated rings. The van der Waals surface area contributed by atoms with Crippen LogP contribution in [0.25, 0.3) is 0 Å². The van der Waals surface area contributed by atoms with E-state index in [4.69, 9.17) is 9.47 Å². The molecule has 0 amide bonds. The van der Waals surface area contributed by atoms with Crippen molar-refractivity contribution in [2.75, 3.05) is 21.3 Å². The first kappa shape index (κ1) is 16.0. The smallest absolute Gasteiger partial charge is 0.330 e. The summed E-state index contributed by atoms with van der Waals surface area (Å²) in [6.45, 7) is 1.66. The molecule has 2 atom stereocenters. The van der Waals surface area contributed by atoms with Gasteiger partial charge in [-0.2, -0.15) is 0 Å². The van der Waals surface area contributed by atoms with Gasteiger partial charge in [0, 0.05) is 12.0 Å². The van der Waals surface area contributed by atoms with E-state index < -0.39 is 12.1 Å². The quantitative estimate of drug-likeness (QED) is 0.637. The van der Waals surface area contributed by atoms with Gasteiger partial charge in [0.25, 0.3) is 0 Å².